The maximum Gasteiger partial charge on any atom is 0.214 e. The monoisotopic (exact) mass is 288 g/mol. The number of aliphatic hydroxyl groups excluding tert-OH is 1. The van der Waals surface area contributed by atoms with Gasteiger partial charge in [-0.3, -0.25) is 15.8 Å². The first-order valence-corrected chi connectivity index (χ1v) is 6.89. The first-order valence-electron chi connectivity index (χ1n) is 6.89. The molecule has 0 saturated heterocycles. The van der Waals surface area contributed by atoms with Gasteiger partial charge in [0.1, 0.15) is 6.61 Å². The number of hydrogen-bond acceptors (Lipinski definition) is 6. The zero-order chi connectivity index (χ0) is 15.2. The summed E-state index contributed by atoms with van der Waals surface area (Å²) < 4.78 is 4.86. The molecule has 21 heavy (non-hydrogen) atoms. The second kappa shape index (κ2) is 7.10. The molecule has 0 spiro atoms. The van der Waals surface area contributed by atoms with E-state index in [4.69, 9.17) is 20.7 Å². The van der Waals surface area contributed by atoms with Crippen LogP contribution in [-0.2, 0) is 11.2 Å². The number of nitrogens with one attached hydrogen (secondary N) is 3. The Labute approximate surface area is 123 Å². The molecule has 0 fully saturated rings. The lowest BCUT2D eigenvalue weighted by Gasteiger charge is -2.16. The standard InChI is InChI=1S/C15H20N4O2/c1-10-6-11(7-13(16)21-14(17)9-20)8-19-15(10)12-2-4-18-5-3-12/h2,6,8,16-18,20H,3-5,7,9H2,1H3. The first-order chi connectivity index (χ1) is 10.1. The van der Waals surface area contributed by atoms with E-state index >= 15 is 0 Å². The van der Waals surface area contributed by atoms with Crippen LogP contribution in [0.4, 0.5) is 0 Å². The number of aromatic nitrogens is 1. The zero-order valence-electron chi connectivity index (χ0n) is 12.1. The van der Waals surface area contributed by atoms with Crippen molar-refractivity contribution >= 4 is 17.4 Å². The molecule has 0 aromatic carbocycles. The van der Waals surface area contributed by atoms with Gasteiger partial charge in [-0.1, -0.05) is 12.1 Å². The Kier molecular flexibility index (Phi) is 5.19. The van der Waals surface area contributed by atoms with Crippen LogP contribution in [0, 0.1) is 17.7 Å². The van der Waals surface area contributed by atoms with E-state index in [1.54, 1.807) is 6.20 Å². The number of pyridine rings is 1. The Balaban J connectivity index is 2.06. The maximum atomic E-state index is 8.70. The minimum absolute atomic E-state index is 0.0657. The predicted molar refractivity (Wildman–Crippen MR) is 81.8 cm³/mol. The molecule has 112 valence electrons. The maximum absolute atomic E-state index is 8.70. The summed E-state index contributed by atoms with van der Waals surface area (Å²) in [5.41, 5.74) is 4.20. The lowest BCUT2D eigenvalue weighted by Crippen LogP contribution is -2.20. The van der Waals surface area contributed by atoms with Gasteiger partial charge in [0.2, 0.25) is 5.90 Å². The highest BCUT2D eigenvalue weighted by Crippen LogP contribution is 2.21. The summed E-state index contributed by atoms with van der Waals surface area (Å²) in [6, 6.07) is 1.99. The van der Waals surface area contributed by atoms with Crippen LogP contribution in [0.2, 0.25) is 0 Å². The van der Waals surface area contributed by atoms with Crippen molar-refractivity contribution in [3.8, 4) is 0 Å². The molecule has 0 saturated carbocycles. The molecular weight excluding hydrogens is 268 g/mol. The number of hydrogen-bond donors (Lipinski definition) is 4. The molecule has 0 aliphatic carbocycles. The second-order valence-electron chi connectivity index (χ2n) is 4.98. The average Bonchev–Trinajstić information content (AvgIpc) is 2.48. The molecule has 4 N–H and O–H groups in total. The van der Waals surface area contributed by atoms with Crippen LogP contribution in [0.1, 0.15) is 23.2 Å². The fourth-order valence-electron chi connectivity index (χ4n) is 2.31. The highest BCUT2D eigenvalue weighted by Gasteiger charge is 2.11. The molecule has 0 atom stereocenters. The summed E-state index contributed by atoms with van der Waals surface area (Å²) in [6.45, 7) is 3.35. The van der Waals surface area contributed by atoms with Gasteiger partial charge in [0.25, 0.3) is 0 Å². The van der Waals surface area contributed by atoms with Crippen molar-refractivity contribution in [2.75, 3.05) is 19.7 Å². The smallest absolute Gasteiger partial charge is 0.214 e. The molecule has 0 bridgehead atoms. The van der Waals surface area contributed by atoms with Crippen molar-refractivity contribution in [1.82, 2.24) is 10.3 Å². The number of ether oxygens (including phenoxy) is 1. The SMILES string of the molecule is Cc1cc(CC(=N)OC(=N)CO)cnc1C1=CCNCC1. The number of aryl methyl sites for hydroxylation is 1. The van der Waals surface area contributed by atoms with Crippen molar-refractivity contribution in [1.29, 1.82) is 10.8 Å². The zero-order valence-corrected chi connectivity index (χ0v) is 12.1. The molecule has 6 heteroatoms. The quantitative estimate of drug-likeness (QED) is 0.495. The van der Waals surface area contributed by atoms with Gasteiger partial charge in [-0.05, 0) is 36.6 Å². The number of nitrogens with zero attached hydrogens (tertiary/aromatic N) is 1. The van der Waals surface area contributed by atoms with Crippen LogP contribution in [0.3, 0.4) is 0 Å². The van der Waals surface area contributed by atoms with E-state index in [2.05, 4.69) is 16.4 Å². The summed E-state index contributed by atoms with van der Waals surface area (Å²) in [5, 5.41) is 26.8. The van der Waals surface area contributed by atoms with Crippen molar-refractivity contribution in [2.45, 2.75) is 19.8 Å². The highest BCUT2D eigenvalue weighted by atomic mass is 16.5. The van der Waals surface area contributed by atoms with Crippen molar-refractivity contribution in [3.05, 3.63) is 35.2 Å². The normalized spacial score (nSPS) is 14.5. The van der Waals surface area contributed by atoms with Crippen LogP contribution in [0.5, 0.6) is 0 Å². The van der Waals surface area contributed by atoms with Crippen LogP contribution in [0.15, 0.2) is 18.3 Å². The van der Waals surface area contributed by atoms with Crippen LogP contribution in [-0.4, -0.2) is 41.6 Å². The summed E-state index contributed by atoms with van der Waals surface area (Å²) >= 11 is 0. The molecule has 1 aliphatic heterocycles. The second-order valence-corrected chi connectivity index (χ2v) is 4.98. The van der Waals surface area contributed by atoms with Crippen molar-refractivity contribution < 1.29 is 9.84 Å². The van der Waals surface area contributed by atoms with E-state index in [0.29, 0.717) is 0 Å². The van der Waals surface area contributed by atoms with Crippen molar-refractivity contribution in [3.63, 3.8) is 0 Å². The predicted octanol–water partition coefficient (Wildman–Crippen LogP) is 1.27. The van der Waals surface area contributed by atoms with Gasteiger partial charge in [0, 0.05) is 12.7 Å². The number of rotatable bonds is 4. The average molecular weight is 288 g/mol. The van der Waals surface area contributed by atoms with E-state index in [1.807, 2.05) is 13.0 Å². The van der Waals surface area contributed by atoms with E-state index in [-0.39, 0.29) is 18.2 Å². The topological polar surface area (TPSA) is 102 Å². The molecule has 2 heterocycles. The summed E-state index contributed by atoms with van der Waals surface area (Å²) in [4.78, 5) is 4.50. The fourth-order valence-corrected chi connectivity index (χ4v) is 2.31. The molecule has 0 amide bonds. The van der Waals surface area contributed by atoms with Crippen LogP contribution < -0.4 is 5.32 Å². The number of aliphatic hydroxyl groups is 1. The third-order valence-corrected chi connectivity index (χ3v) is 3.26. The molecule has 1 aromatic rings. The molecule has 2 rings (SSSR count). The Bertz CT molecular complexity index is 581. The van der Waals surface area contributed by atoms with Gasteiger partial charge in [-0.15, -0.1) is 0 Å². The van der Waals surface area contributed by atoms with Gasteiger partial charge < -0.3 is 15.2 Å². The molecule has 0 unspecified atom stereocenters. The van der Waals surface area contributed by atoms with Gasteiger partial charge in [-0.2, -0.15) is 0 Å². The summed E-state index contributed by atoms with van der Waals surface area (Å²) in [6.07, 6.45) is 5.13. The van der Waals surface area contributed by atoms with E-state index in [0.717, 1.165) is 36.3 Å². The molecule has 1 aliphatic rings. The van der Waals surface area contributed by atoms with Crippen molar-refractivity contribution in [2.24, 2.45) is 0 Å². The Morgan fingerprint density at radius 2 is 2.24 bits per heavy atom. The van der Waals surface area contributed by atoms with E-state index in [9.17, 15) is 0 Å². The largest absolute Gasteiger partial charge is 0.427 e. The first kappa shape index (κ1) is 15.3. The molecule has 1 aromatic heterocycles. The third kappa shape index (κ3) is 4.21. The Morgan fingerprint density at radius 3 is 2.86 bits per heavy atom. The van der Waals surface area contributed by atoms with Crippen LogP contribution in [0.25, 0.3) is 5.57 Å². The molecule has 6 nitrogen and oxygen atoms in total. The summed E-state index contributed by atoms with van der Waals surface area (Å²) in [7, 11) is 0. The summed E-state index contributed by atoms with van der Waals surface area (Å²) in [5.74, 6) is -0.384. The van der Waals surface area contributed by atoms with Gasteiger partial charge in [-0.25, -0.2) is 0 Å². The van der Waals surface area contributed by atoms with Gasteiger partial charge in [0.15, 0.2) is 5.90 Å². The highest BCUT2D eigenvalue weighted by molar-refractivity contribution is 5.89. The lowest BCUT2D eigenvalue weighted by atomic mass is 10.00. The third-order valence-electron chi connectivity index (χ3n) is 3.26. The minimum atomic E-state index is -0.499. The fraction of sp³-hybridized carbons (Fsp3) is 0.400. The Morgan fingerprint density at radius 1 is 1.43 bits per heavy atom. The molecular formula is C15H20N4O2. The van der Waals surface area contributed by atoms with Gasteiger partial charge in [0.05, 0.1) is 12.1 Å². The minimum Gasteiger partial charge on any atom is -0.427 e. The van der Waals surface area contributed by atoms with E-state index < -0.39 is 6.61 Å². The Hall–Kier alpha value is -2.05. The van der Waals surface area contributed by atoms with Gasteiger partial charge >= 0.3 is 0 Å². The van der Waals surface area contributed by atoms with Crippen LogP contribution >= 0.6 is 0 Å². The van der Waals surface area contributed by atoms with E-state index in [1.165, 1.54) is 5.57 Å². The molecule has 0 radical (unpaired) electrons. The lowest BCUT2D eigenvalue weighted by molar-refractivity contribution is 0.324.